The van der Waals surface area contributed by atoms with Gasteiger partial charge in [0.05, 0.1) is 24.7 Å². The molecule has 2 saturated heterocycles. The van der Waals surface area contributed by atoms with Crippen molar-refractivity contribution in [2.24, 2.45) is 23.2 Å². The Morgan fingerprint density at radius 1 is 0.947 bits per heavy atom. The summed E-state index contributed by atoms with van der Waals surface area (Å²) in [7, 11) is 0. The van der Waals surface area contributed by atoms with Crippen LogP contribution in [0.15, 0.2) is 0 Å². The number of ether oxygens (including phenoxy) is 2. The first kappa shape index (κ1) is 12.3. The smallest absolute Gasteiger partial charge is 0.317 e. The minimum Gasteiger partial charge on any atom is -0.393 e. The summed E-state index contributed by atoms with van der Waals surface area (Å²) >= 11 is 0. The van der Waals surface area contributed by atoms with Gasteiger partial charge in [0.25, 0.3) is 0 Å². The van der Waals surface area contributed by atoms with Crippen molar-refractivity contribution >= 4 is 23.9 Å². The maximum absolute atomic E-state index is 11.7. The molecule has 3 atom stereocenters. The van der Waals surface area contributed by atoms with Crippen molar-refractivity contribution in [3.63, 3.8) is 0 Å². The Hall–Kier alpha value is -1.72. The van der Waals surface area contributed by atoms with Gasteiger partial charge in [-0.1, -0.05) is 6.92 Å². The molecule has 19 heavy (non-hydrogen) atoms. The fraction of sp³-hybridized carbons (Fsp3) is 0.692. The van der Waals surface area contributed by atoms with Crippen molar-refractivity contribution < 1.29 is 28.7 Å². The van der Waals surface area contributed by atoms with Gasteiger partial charge < -0.3 is 9.47 Å². The molecule has 3 unspecified atom stereocenters. The summed E-state index contributed by atoms with van der Waals surface area (Å²) in [5.41, 5.74) is -0.545. The molecule has 1 spiro atoms. The summed E-state index contributed by atoms with van der Waals surface area (Å²) in [6.45, 7) is 1.86. The zero-order valence-corrected chi connectivity index (χ0v) is 10.5. The lowest BCUT2D eigenvalue weighted by Gasteiger charge is -2.43. The third kappa shape index (κ3) is 1.86. The SMILES string of the molecule is CC1CC2(CC(=O)OC(=O)C2)CC2C(=O)OC(=O)C12. The van der Waals surface area contributed by atoms with Crippen LogP contribution in [0.5, 0.6) is 0 Å². The highest BCUT2D eigenvalue weighted by Gasteiger charge is 2.57. The van der Waals surface area contributed by atoms with E-state index in [2.05, 4.69) is 9.47 Å². The van der Waals surface area contributed by atoms with Gasteiger partial charge in [0.1, 0.15) is 0 Å². The molecule has 0 bridgehead atoms. The Balaban J connectivity index is 1.90. The Bertz CT molecular complexity index is 477. The molecular weight excluding hydrogens is 252 g/mol. The lowest BCUT2D eigenvalue weighted by atomic mass is 9.59. The molecule has 3 rings (SSSR count). The van der Waals surface area contributed by atoms with Gasteiger partial charge in [0, 0.05) is 0 Å². The van der Waals surface area contributed by atoms with Gasteiger partial charge in [0.2, 0.25) is 0 Å². The average molecular weight is 266 g/mol. The lowest BCUT2D eigenvalue weighted by molar-refractivity contribution is -0.173. The van der Waals surface area contributed by atoms with E-state index in [1.165, 1.54) is 0 Å². The van der Waals surface area contributed by atoms with E-state index in [0.717, 1.165) is 0 Å². The molecule has 6 heteroatoms. The molecule has 0 radical (unpaired) electrons. The first-order valence-electron chi connectivity index (χ1n) is 6.39. The van der Waals surface area contributed by atoms with Gasteiger partial charge in [-0.2, -0.15) is 0 Å². The largest absolute Gasteiger partial charge is 0.393 e. The van der Waals surface area contributed by atoms with Gasteiger partial charge in [-0.25, -0.2) is 0 Å². The maximum Gasteiger partial charge on any atom is 0.317 e. The maximum atomic E-state index is 11.7. The summed E-state index contributed by atoms with van der Waals surface area (Å²) in [5, 5.41) is 0. The highest BCUT2D eigenvalue weighted by Crippen LogP contribution is 2.53. The number of rotatable bonds is 0. The highest BCUT2D eigenvalue weighted by molar-refractivity contribution is 5.97. The predicted molar refractivity (Wildman–Crippen MR) is 59.2 cm³/mol. The van der Waals surface area contributed by atoms with E-state index in [0.29, 0.717) is 12.8 Å². The summed E-state index contributed by atoms with van der Waals surface area (Å²) in [5.74, 6) is -3.09. The van der Waals surface area contributed by atoms with Gasteiger partial charge in [-0.05, 0) is 24.2 Å². The zero-order chi connectivity index (χ0) is 13.8. The number of hydrogen-bond donors (Lipinski definition) is 0. The van der Waals surface area contributed by atoms with Crippen LogP contribution in [0.3, 0.4) is 0 Å². The molecule has 1 aliphatic carbocycles. The molecule has 1 saturated carbocycles. The van der Waals surface area contributed by atoms with E-state index in [1.54, 1.807) is 0 Å². The number of cyclic esters (lactones) is 4. The topological polar surface area (TPSA) is 86.7 Å². The molecule has 2 aliphatic heterocycles. The first-order valence-corrected chi connectivity index (χ1v) is 6.39. The van der Waals surface area contributed by atoms with E-state index in [1.807, 2.05) is 6.92 Å². The molecule has 0 aromatic rings. The normalized spacial score (nSPS) is 37.0. The van der Waals surface area contributed by atoms with Crippen LogP contribution in [0.2, 0.25) is 0 Å². The van der Waals surface area contributed by atoms with Gasteiger partial charge >= 0.3 is 23.9 Å². The number of esters is 4. The number of fused-ring (bicyclic) bond motifs is 1. The van der Waals surface area contributed by atoms with Crippen molar-refractivity contribution in [2.45, 2.75) is 32.6 Å². The molecule has 2 heterocycles. The van der Waals surface area contributed by atoms with Crippen LogP contribution in [-0.2, 0) is 28.7 Å². The van der Waals surface area contributed by atoms with Crippen molar-refractivity contribution in [1.29, 1.82) is 0 Å². The Kier molecular flexibility index (Phi) is 2.52. The van der Waals surface area contributed by atoms with Gasteiger partial charge in [0.15, 0.2) is 0 Å². The molecule has 0 N–H and O–H groups in total. The van der Waals surface area contributed by atoms with Crippen LogP contribution in [0, 0.1) is 23.2 Å². The summed E-state index contributed by atoms with van der Waals surface area (Å²) in [6, 6.07) is 0. The quantitative estimate of drug-likeness (QED) is 0.471. The van der Waals surface area contributed by atoms with E-state index in [9.17, 15) is 19.2 Å². The van der Waals surface area contributed by atoms with Crippen molar-refractivity contribution in [1.82, 2.24) is 0 Å². The average Bonchev–Trinajstić information content (AvgIpc) is 2.51. The molecule has 6 nitrogen and oxygen atoms in total. The fourth-order valence-corrected chi connectivity index (χ4v) is 3.92. The second-order valence-electron chi connectivity index (χ2n) is 5.96. The second-order valence-corrected chi connectivity index (χ2v) is 5.96. The standard InChI is InChI=1S/C13H14O6/c1-6-2-13(4-8(14)18-9(15)5-13)3-7-10(6)12(17)19-11(7)16/h6-7,10H,2-5H2,1H3. The molecule has 3 fully saturated rings. The van der Waals surface area contributed by atoms with E-state index in [4.69, 9.17) is 0 Å². The lowest BCUT2D eigenvalue weighted by Crippen LogP contribution is -2.45. The highest BCUT2D eigenvalue weighted by atomic mass is 16.6. The third-order valence-corrected chi connectivity index (χ3v) is 4.50. The van der Waals surface area contributed by atoms with Crippen LogP contribution in [-0.4, -0.2) is 23.9 Å². The Morgan fingerprint density at radius 2 is 1.58 bits per heavy atom. The minimum absolute atomic E-state index is 0.0728. The summed E-state index contributed by atoms with van der Waals surface area (Å²) in [4.78, 5) is 46.3. The van der Waals surface area contributed by atoms with E-state index >= 15 is 0 Å². The molecule has 102 valence electrons. The molecule has 3 aliphatic rings. The molecule has 0 aromatic carbocycles. The molecule has 0 aromatic heterocycles. The third-order valence-electron chi connectivity index (χ3n) is 4.50. The fourth-order valence-electron chi connectivity index (χ4n) is 3.92. The monoisotopic (exact) mass is 266 g/mol. The van der Waals surface area contributed by atoms with Crippen LogP contribution in [0.4, 0.5) is 0 Å². The number of hydrogen-bond acceptors (Lipinski definition) is 6. The molecule has 0 amide bonds. The van der Waals surface area contributed by atoms with Crippen LogP contribution < -0.4 is 0 Å². The van der Waals surface area contributed by atoms with E-state index in [-0.39, 0.29) is 18.8 Å². The van der Waals surface area contributed by atoms with E-state index < -0.39 is 41.1 Å². The molecular formula is C13H14O6. The second kappa shape index (κ2) is 3.88. The van der Waals surface area contributed by atoms with Crippen LogP contribution in [0.1, 0.15) is 32.6 Å². The first-order chi connectivity index (χ1) is 8.90. The van der Waals surface area contributed by atoms with Crippen LogP contribution >= 0.6 is 0 Å². The predicted octanol–water partition coefficient (Wildman–Crippen LogP) is 0.582. The van der Waals surface area contributed by atoms with Crippen molar-refractivity contribution in [2.75, 3.05) is 0 Å². The number of carbonyl (C=O) groups excluding carboxylic acids is 4. The minimum atomic E-state index is -0.545. The zero-order valence-electron chi connectivity index (χ0n) is 10.5. The Labute approximate surface area is 109 Å². The Morgan fingerprint density at radius 3 is 2.21 bits per heavy atom. The number of carbonyl (C=O) groups is 4. The van der Waals surface area contributed by atoms with Crippen molar-refractivity contribution in [3.8, 4) is 0 Å². The summed E-state index contributed by atoms with van der Waals surface area (Å²) in [6.07, 6.45) is 1.19. The summed E-state index contributed by atoms with van der Waals surface area (Å²) < 4.78 is 9.23. The van der Waals surface area contributed by atoms with Crippen molar-refractivity contribution in [3.05, 3.63) is 0 Å². The van der Waals surface area contributed by atoms with Gasteiger partial charge in [-0.15, -0.1) is 0 Å². The van der Waals surface area contributed by atoms with Gasteiger partial charge in [-0.3, -0.25) is 19.2 Å². The van der Waals surface area contributed by atoms with Crippen LogP contribution in [0.25, 0.3) is 0 Å².